The number of aromatic nitrogens is 4. The Morgan fingerprint density at radius 3 is 2.35 bits per heavy atom. The lowest BCUT2D eigenvalue weighted by Crippen LogP contribution is -2.33. The quantitative estimate of drug-likeness (QED) is 0.252. The summed E-state index contributed by atoms with van der Waals surface area (Å²) in [6.07, 6.45) is 24.0. The molecule has 0 bridgehead atoms. The van der Waals surface area contributed by atoms with Crippen molar-refractivity contribution in [2.75, 3.05) is 48.8 Å². The van der Waals surface area contributed by atoms with Crippen LogP contribution in [-0.2, 0) is 38.5 Å². The number of nitrogens with one attached hydrogen (secondary N) is 4. The van der Waals surface area contributed by atoms with Crippen LogP contribution in [0.15, 0.2) is 35.5 Å². The van der Waals surface area contributed by atoms with Crippen molar-refractivity contribution in [3.05, 3.63) is 85.5 Å². The summed E-state index contributed by atoms with van der Waals surface area (Å²) in [5.41, 5.74) is 11.0. The Balaban J connectivity index is 0.000000138. The summed E-state index contributed by atoms with van der Waals surface area (Å²) in [6.45, 7) is 7.07. The molecule has 0 radical (unpaired) electrons. The van der Waals surface area contributed by atoms with Crippen LogP contribution in [-0.4, -0.2) is 90.7 Å². The summed E-state index contributed by atoms with van der Waals surface area (Å²) in [5.74, 6) is 0. The minimum Gasteiger partial charge on any atom is -0.359 e. The molecule has 4 aliphatic rings. The van der Waals surface area contributed by atoms with Crippen molar-refractivity contribution in [3.8, 4) is 0 Å². The zero-order valence-electron chi connectivity index (χ0n) is 31.2. The first-order valence-corrected chi connectivity index (χ1v) is 18.4. The Morgan fingerprint density at radius 2 is 1.59 bits per heavy atom. The molecule has 1 aliphatic heterocycles. The maximum Gasteiger partial charge on any atom is 0.137 e. The largest absolute Gasteiger partial charge is 0.359 e. The second-order valence-corrected chi connectivity index (χ2v) is 14.3. The summed E-state index contributed by atoms with van der Waals surface area (Å²) < 4.78 is 0. The number of rotatable bonds is 3. The molecule has 0 amide bonds. The van der Waals surface area contributed by atoms with Crippen LogP contribution < -0.4 is 26.6 Å². The van der Waals surface area contributed by atoms with E-state index in [2.05, 4.69) is 105 Å². The Morgan fingerprint density at radius 1 is 0.857 bits per heavy atom. The molecular weight excluding hydrogens is 605 g/mol. The van der Waals surface area contributed by atoms with E-state index in [1.807, 2.05) is 33.3 Å². The second-order valence-electron chi connectivity index (χ2n) is 14.3. The molecule has 0 fully saturated rings. The molecular formula is C41H60N8. The molecule has 0 saturated heterocycles. The number of hydrogen-bond acceptors (Lipinski definition) is 5. The highest BCUT2D eigenvalue weighted by Crippen LogP contribution is 2.29. The van der Waals surface area contributed by atoms with Gasteiger partial charge < -0.3 is 30.1 Å². The predicted molar refractivity (Wildman–Crippen MR) is 207 cm³/mol. The molecule has 0 saturated carbocycles. The molecule has 0 spiro atoms. The minimum atomic E-state index is 0.639. The summed E-state index contributed by atoms with van der Waals surface area (Å²) >= 11 is 0. The second kappa shape index (κ2) is 17.3. The van der Waals surface area contributed by atoms with Crippen molar-refractivity contribution in [1.29, 1.82) is 0 Å². The molecule has 4 N–H and O–H groups in total. The standard InChI is InChI=1S/C14H20N2.C13H17N3.C12H16N2.C2H7N/c1-5-6-7-12-10(2)15-14-9-11(16(3)4)8-13(12)14;1-16(2)9-5-6-12-11(8-9)10-4-3-7-14-13(10)15-12;1-2-5-9-10-6-4-8-13-12(10)14-11(9)7-3-1;1-3-2/h5-7,11,15H,2,8-9H2,1,3-4H3;3-4,7,9H,5-6,8H2,1-2H3,(H,14,15);6H,1-5,7-8H2,(H,13,14);3H,1-2H3/b6-5-,12-7+;;;. The first kappa shape index (κ1) is 36.6. The number of aromatic amines is 3. The van der Waals surface area contributed by atoms with Crippen LogP contribution in [0, 0.1) is 0 Å². The highest BCUT2D eigenvalue weighted by Gasteiger charge is 2.25. The van der Waals surface area contributed by atoms with E-state index < -0.39 is 0 Å². The fourth-order valence-corrected chi connectivity index (χ4v) is 7.64. The molecule has 0 aromatic carbocycles. The van der Waals surface area contributed by atoms with Crippen molar-refractivity contribution < 1.29 is 0 Å². The lowest BCUT2D eigenvalue weighted by Gasteiger charge is -2.28. The normalized spacial score (nSPS) is 19.7. The molecule has 5 heterocycles. The molecule has 8 heteroatoms. The fraction of sp³-hybridized carbons (Fsp3) is 0.512. The van der Waals surface area contributed by atoms with Crippen molar-refractivity contribution in [3.63, 3.8) is 0 Å². The molecule has 3 aliphatic carbocycles. The number of aryl methyl sites for hydroxylation is 2. The van der Waals surface area contributed by atoms with Crippen molar-refractivity contribution >= 4 is 29.8 Å². The zero-order valence-corrected chi connectivity index (χ0v) is 31.2. The summed E-state index contributed by atoms with van der Waals surface area (Å²) in [7, 11) is 12.4. The average Bonchev–Trinajstić information content (AvgIpc) is 3.80. The van der Waals surface area contributed by atoms with Gasteiger partial charge in [0, 0.05) is 69.5 Å². The molecule has 264 valence electrons. The van der Waals surface area contributed by atoms with Crippen LogP contribution in [0.5, 0.6) is 0 Å². The van der Waals surface area contributed by atoms with Gasteiger partial charge in [0.15, 0.2) is 0 Å². The van der Waals surface area contributed by atoms with Crippen molar-refractivity contribution in [1.82, 2.24) is 35.1 Å². The van der Waals surface area contributed by atoms with Gasteiger partial charge in [0.05, 0.1) is 0 Å². The molecule has 4 aromatic heterocycles. The van der Waals surface area contributed by atoms with Crippen LogP contribution in [0.2, 0.25) is 0 Å². The highest BCUT2D eigenvalue weighted by atomic mass is 15.1. The molecule has 2 unspecified atom stereocenters. The van der Waals surface area contributed by atoms with Crippen LogP contribution in [0.1, 0.15) is 72.8 Å². The van der Waals surface area contributed by atoms with Gasteiger partial charge in [0.1, 0.15) is 11.1 Å². The van der Waals surface area contributed by atoms with E-state index in [9.17, 15) is 0 Å². The Hall–Kier alpha value is -3.72. The zero-order chi connectivity index (χ0) is 34.9. The Labute approximate surface area is 293 Å². The van der Waals surface area contributed by atoms with Crippen LogP contribution >= 0.6 is 0 Å². The number of nitrogens with zero attached hydrogens (tertiary/aromatic N) is 4. The van der Waals surface area contributed by atoms with Gasteiger partial charge in [-0.1, -0.05) is 37.3 Å². The van der Waals surface area contributed by atoms with E-state index in [-0.39, 0.29) is 0 Å². The van der Waals surface area contributed by atoms with E-state index in [1.54, 1.807) is 5.56 Å². The number of pyridine rings is 1. The van der Waals surface area contributed by atoms with Gasteiger partial charge in [-0.15, -0.1) is 0 Å². The van der Waals surface area contributed by atoms with Crippen molar-refractivity contribution in [2.24, 2.45) is 4.99 Å². The SMILES string of the molecule is C1=c2c3c([nH]c2=NCC1)CCCCC3.C=c1[nH]c2c(/c1=C/C=C\C)CC(N(C)C)C2.CN(C)C1CCc2[nH]c3ncccc3c2C1.CNC. The van der Waals surface area contributed by atoms with Crippen LogP contribution in [0.3, 0.4) is 0 Å². The van der Waals surface area contributed by atoms with Crippen LogP contribution in [0.25, 0.3) is 29.8 Å². The van der Waals surface area contributed by atoms with Gasteiger partial charge in [0.25, 0.3) is 0 Å². The third-order valence-electron chi connectivity index (χ3n) is 10.4. The van der Waals surface area contributed by atoms with Gasteiger partial charge in [-0.2, -0.15) is 0 Å². The van der Waals surface area contributed by atoms with Gasteiger partial charge in [-0.05, 0) is 136 Å². The van der Waals surface area contributed by atoms with Gasteiger partial charge in [-0.25, -0.2) is 4.98 Å². The number of H-pyrrole nitrogens is 3. The highest BCUT2D eigenvalue weighted by molar-refractivity contribution is 5.81. The fourth-order valence-electron chi connectivity index (χ4n) is 7.64. The Kier molecular flexibility index (Phi) is 12.9. The van der Waals surface area contributed by atoms with E-state index in [1.165, 1.54) is 82.6 Å². The molecule has 4 aromatic rings. The predicted octanol–water partition coefficient (Wildman–Crippen LogP) is 3.72. The van der Waals surface area contributed by atoms with Crippen molar-refractivity contribution in [2.45, 2.75) is 89.6 Å². The lowest BCUT2D eigenvalue weighted by atomic mass is 9.91. The monoisotopic (exact) mass is 664 g/mol. The number of hydrogen-bond donors (Lipinski definition) is 4. The first-order chi connectivity index (χ1) is 23.7. The Bertz CT molecular complexity index is 1940. The van der Waals surface area contributed by atoms with Crippen LogP contribution in [0.4, 0.5) is 0 Å². The smallest absolute Gasteiger partial charge is 0.137 e. The molecule has 8 nitrogen and oxygen atoms in total. The van der Waals surface area contributed by atoms with E-state index in [0.29, 0.717) is 12.1 Å². The number of fused-ring (bicyclic) bond motifs is 7. The van der Waals surface area contributed by atoms with E-state index >= 15 is 0 Å². The third-order valence-corrected chi connectivity index (χ3v) is 10.4. The molecule has 49 heavy (non-hydrogen) atoms. The van der Waals surface area contributed by atoms with E-state index in [0.717, 1.165) is 55.1 Å². The van der Waals surface area contributed by atoms with E-state index in [4.69, 9.17) is 0 Å². The summed E-state index contributed by atoms with van der Waals surface area (Å²) in [6, 6.07) is 5.51. The summed E-state index contributed by atoms with van der Waals surface area (Å²) in [5, 5.41) is 7.83. The maximum absolute atomic E-state index is 4.54. The molecule has 8 rings (SSSR count). The maximum atomic E-state index is 4.54. The van der Waals surface area contributed by atoms with Gasteiger partial charge in [0.2, 0.25) is 0 Å². The minimum absolute atomic E-state index is 0.639. The number of allylic oxidation sites excluding steroid dienone is 2. The topological polar surface area (TPSA) is 91.1 Å². The number of likely N-dealkylation sites (N-methyl/N-ethyl adjacent to an activating group) is 2. The third kappa shape index (κ3) is 8.72. The lowest BCUT2D eigenvalue weighted by molar-refractivity contribution is 0.268. The summed E-state index contributed by atoms with van der Waals surface area (Å²) in [4.78, 5) is 23.9. The van der Waals surface area contributed by atoms with Gasteiger partial charge in [-0.3, -0.25) is 4.99 Å². The average molecular weight is 665 g/mol. The van der Waals surface area contributed by atoms with Gasteiger partial charge >= 0.3 is 0 Å². The first-order valence-electron chi connectivity index (χ1n) is 18.4. The molecule has 2 atom stereocenters.